The molecular weight excluding hydrogens is 370 g/mol. The Morgan fingerprint density at radius 2 is 1.85 bits per heavy atom. The zero-order chi connectivity index (χ0) is 18.7. The van der Waals surface area contributed by atoms with Crippen molar-refractivity contribution in [2.45, 2.75) is 17.3 Å². The predicted octanol–water partition coefficient (Wildman–Crippen LogP) is 4.51. The highest BCUT2D eigenvalue weighted by Gasteiger charge is 2.21. The molecule has 0 saturated carbocycles. The van der Waals surface area contributed by atoms with E-state index in [9.17, 15) is 4.79 Å². The van der Waals surface area contributed by atoms with Crippen LogP contribution in [0.25, 0.3) is 11.4 Å². The van der Waals surface area contributed by atoms with Gasteiger partial charge < -0.3 is 9.30 Å². The number of ether oxygens (including phenoxy) is 1. The minimum absolute atomic E-state index is 0.0277. The zero-order valence-corrected chi connectivity index (χ0v) is 16.2. The van der Waals surface area contributed by atoms with Gasteiger partial charge >= 0.3 is 0 Å². The Bertz CT molecular complexity index is 925. The monoisotopic (exact) mass is 387 g/mol. The normalized spacial score (nSPS) is 12.0. The van der Waals surface area contributed by atoms with E-state index in [4.69, 9.17) is 16.3 Å². The zero-order valence-electron chi connectivity index (χ0n) is 14.6. The molecule has 0 N–H and O–H groups in total. The van der Waals surface area contributed by atoms with E-state index in [0.717, 1.165) is 11.3 Å². The molecule has 0 saturated heterocycles. The summed E-state index contributed by atoms with van der Waals surface area (Å²) in [5.41, 5.74) is 1.45. The van der Waals surface area contributed by atoms with Crippen LogP contribution in [0.3, 0.4) is 0 Å². The highest BCUT2D eigenvalue weighted by molar-refractivity contribution is 8.00. The van der Waals surface area contributed by atoms with E-state index >= 15 is 0 Å². The number of carbonyl (C=O) groups is 1. The second kappa shape index (κ2) is 7.93. The van der Waals surface area contributed by atoms with Crippen molar-refractivity contribution < 1.29 is 9.53 Å². The number of methoxy groups -OCH3 is 1. The largest absolute Gasteiger partial charge is 0.497 e. The summed E-state index contributed by atoms with van der Waals surface area (Å²) in [5, 5.41) is 9.43. The summed E-state index contributed by atoms with van der Waals surface area (Å²) in [6.45, 7) is 1.86. The van der Waals surface area contributed by atoms with Crippen molar-refractivity contribution in [3.63, 3.8) is 0 Å². The first kappa shape index (κ1) is 18.5. The molecule has 0 bridgehead atoms. The van der Waals surface area contributed by atoms with Gasteiger partial charge in [-0.05, 0) is 43.3 Å². The highest BCUT2D eigenvalue weighted by atomic mass is 35.5. The van der Waals surface area contributed by atoms with Gasteiger partial charge in [-0.3, -0.25) is 4.79 Å². The van der Waals surface area contributed by atoms with Gasteiger partial charge in [-0.2, -0.15) is 0 Å². The van der Waals surface area contributed by atoms with Crippen LogP contribution >= 0.6 is 23.4 Å². The Labute approximate surface area is 161 Å². The lowest BCUT2D eigenvalue weighted by Gasteiger charge is -2.11. The maximum Gasteiger partial charge on any atom is 0.191 e. The lowest BCUT2D eigenvalue weighted by atomic mass is 10.1. The van der Waals surface area contributed by atoms with Crippen molar-refractivity contribution in [1.82, 2.24) is 14.8 Å². The van der Waals surface area contributed by atoms with Gasteiger partial charge in [0.2, 0.25) is 0 Å². The number of Topliss-reactive ketones (excluding diaryl/α,β-unsaturated/α-hetero) is 1. The summed E-state index contributed by atoms with van der Waals surface area (Å²) >= 11 is 7.62. The van der Waals surface area contributed by atoms with E-state index in [1.54, 1.807) is 31.4 Å². The molecule has 0 aliphatic heterocycles. The van der Waals surface area contributed by atoms with Crippen LogP contribution in [0.4, 0.5) is 0 Å². The fourth-order valence-electron chi connectivity index (χ4n) is 2.50. The van der Waals surface area contributed by atoms with E-state index < -0.39 is 0 Å². The van der Waals surface area contributed by atoms with Crippen molar-refractivity contribution in [3.8, 4) is 17.1 Å². The van der Waals surface area contributed by atoms with Gasteiger partial charge in [0.1, 0.15) is 5.75 Å². The topological polar surface area (TPSA) is 57.0 Å². The van der Waals surface area contributed by atoms with E-state index in [1.807, 2.05) is 42.8 Å². The summed E-state index contributed by atoms with van der Waals surface area (Å²) < 4.78 is 6.98. The average Bonchev–Trinajstić information content (AvgIpc) is 3.02. The van der Waals surface area contributed by atoms with Crippen LogP contribution < -0.4 is 4.74 Å². The smallest absolute Gasteiger partial charge is 0.191 e. The molecule has 0 aliphatic carbocycles. The highest BCUT2D eigenvalue weighted by Crippen LogP contribution is 2.30. The van der Waals surface area contributed by atoms with Gasteiger partial charge in [-0.15, -0.1) is 10.2 Å². The van der Waals surface area contributed by atoms with E-state index in [1.165, 1.54) is 11.8 Å². The standard InChI is InChI=1S/C19H18ClN3O2S/c1-12(17(24)13-8-10-14(25-3)11-9-13)26-19-22-21-18(23(19)2)15-6-4-5-7-16(15)20/h4-12H,1-3H3/t12-/m0/s1. The molecule has 134 valence electrons. The quantitative estimate of drug-likeness (QED) is 0.460. The summed E-state index contributed by atoms with van der Waals surface area (Å²) in [6.07, 6.45) is 0. The van der Waals surface area contributed by atoms with Crippen molar-refractivity contribution >= 4 is 29.1 Å². The second-order valence-corrected chi connectivity index (χ2v) is 7.41. The molecule has 5 nitrogen and oxygen atoms in total. The third kappa shape index (κ3) is 3.76. The summed E-state index contributed by atoms with van der Waals surface area (Å²) in [4.78, 5) is 12.7. The van der Waals surface area contributed by atoms with Gasteiger partial charge in [0.25, 0.3) is 0 Å². The molecule has 1 atom stereocenters. The van der Waals surface area contributed by atoms with E-state index in [0.29, 0.717) is 21.6 Å². The molecule has 3 rings (SSSR count). The second-order valence-electron chi connectivity index (χ2n) is 5.70. The molecule has 26 heavy (non-hydrogen) atoms. The first-order valence-corrected chi connectivity index (χ1v) is 9.26. The molecule has 2 aromatic carbocycles. The molecular formula is C19H18ClN3O2S. The maximum atomic E-state index is 12.7. The fraction of sp³-hybridized carbons (Fsp3) is 0.211. The number of thioether (sulfide) groups is 1. The Kier molecular flexibility index (Phi) is 5.64. The summed E-state index contributed by atoms with van der Waals surface area (Å²) in [5.74, 6) is 1.42. The Morgan fingerprint density at radius 1 is 1.15 bits per heavy atom. The number of benzene rings is 2. The lowest BCUT2D eigenvalue weighted by Crippen LogP contribution is -2.14. The Morgan fingerprint density at radius 3 is 2.50 bits per heavy atom. The van der Waals surface area contributed by atoms with Crippen LogP contribution in [-0.4, -0.2) is 32.9 Å². The SMILES string of the molecule is COc1ccc(C(=O)[C@H](C)Sc2nnc(-c3ccccc3Cl)n2C)cc1. The maximum absolute atomic E-state index is 12.7. The number of hydrogen-bond acceptors (Lipinski definition) is 5. The lowest BCUT2D eigenvalue weighted by molar-refractivity contribution is 0.0994. The number of nitrogens with zero attached hydrogens (tertiary/aromatic N) is 3. The van der Waals surface area contributed by atoms with Crippen LogP contribution in [0, 0.1) is 0 Å². The molecule has 0 radical (unpaired) electrons. The third-order valence-electron chi connectivity index (χ3n) is 3.98. The van der Waals surface area contributed by atoms with Crippen LogP contribution in [-0.2, 0) is 7.05 Å². The van der Waals surface area contributed by atoms with Gasteiger partial charge in [0.15, 0.2) is 16.8 Å². The first-order chi connectivity index (χ1) is 12.5. The van der Waals surface area contributed by atoms with Crippen LogP contribution in [0.5, 0.6) is 5.75 Å². The third-order valence-corrected chi connectivity index (χ3v) is 5.44. The predicted molar refractivity (Wildman–Crippen MR) is 104 cm³/mol. The van der Waals surface area contributed by atoms with Gasteiger partial charge in [-0.25, -0.2) is 0 Å². The van der Waals surface area contributed by atoms with Gasteiger partial charge in [0.05, 0.1) is 17.4 Å². The van der Waals surface area contributed by atoms with Crippen molar-refractivity contribution in [2.75, 3.05) is 7.11 Å². The number of aromatic nitrogens is 3. The molecule has 0 spiro atoms. The minimum Gasteiger partial charge on any atom is -0.497 e. The molecule has 0 fully saturated rings. The van der Waals surface area contributed by atoms with Crippen LogP contribution in [0.1, 0.15) is 17.3 Å². The van der Waals surface area contributed by atoms with Crippen molar-refractivity contribution in [2.24, 2.45) is 7.05 Å². The van der Waals surface area contributed by atoms with E-state index in [2.05, 4.69) is 10.2 Å². The molecule has 0 amide bonds. The minimum atomic E-state index is -0.301. The number of ketones is 1. The van der Waals surface area contributed by atoms with Crippen molar-refractivity contribution in [3.05, 3.63) is 59.1 Å². The summed E-state index contributed by atoms with van der Waals surface area (Å²) in [7, 11) is 3.46. The molecule has 1 heterocycles. The van der Waals surface area contributed by atoms with Crippen LogP contribution in [0.15, 0.2) is 53.7 Å². The molecule has 1 aromatic heterocycles. The number of hydrogen-bond donors (Lipinski definition) is 0. The molecule has 0 unspecified atom stereocenters. The molecule has 7 heteroatoms. The summed E-state index contributed by atoms with van der Waals surface area (Å²) in [6, 6.07) is 14.6. The first-order valence-electron chi connectivity index (χ1n) is 8.00. The van der Waals surface area contributed by atoms with Crippen LogP contribution in [0.2, 0.25) is 5.02 Å². The number of rotatable bonds is 6. The Hall–Kier alpha value is -2.31. The molecule has 3 aromatic rings. The fourth-order valence-corrected chi connectivity index (χ4v) is 3.61. The number of halogens is 1. The van der Waals surface area contributed by atoms with Gasteiger partial charge in [-0.1, -0.05) is 35.5 Å². The van der Waals surface area contributed by atoms with Crippen molar-refractivity contribution in [1.29, 1.82) is 0 Å². The van der Waals surface area contributed by atoms with E-state index in [-0.39, 0.29) is 11.0 Å². The number of carbonyl (C=O) groups excluding carboxylic acids is 1. The van der Waals surface area contributed by atoms with Gasteiger partial charge in [0, 0.05) is 18.2 Å². The average molecular weight is 388 g/mol. The molecule has 0 aliphatic rings. The Balaban J connectivity index is 1.78.